The number of nitrogens with zero attached hydrogens (tertiary/aromatic N) is 1. The molecule has 0 fully saturated rings. The van der Waals surface area contributed by atoms with Crippen LogP contribution in [0.2, 0.25) is 0 Å². The third-order valence-electron chi connectivity index (χ3n) is 2.34. The molecule has 19 heavy (non-hydrogen) atoms. The van der Waals surface area contributed by atoms with Crippen LogP contribution >= 0.6 is 0 Å². The van der Waals surface area contributed by atoms with E-state index in [1.807, 2.05) is 0 Å². The van der Waals surface area contributed by atoms with Crippen LogP contribution in [0.3, 0.4) is 0 Å². The van der Waals surface area contributed by atoms with E-state index < -0.39 is 23.4 Å². The molecule has 0 spiro atoms. The van der Waals surface area contributed by atoms with Crippen molar-refractivity contribution in [2.24, 2.45) is 0 Å². The van der Waals surface area contributed by atoms with Crippen molar-refractivity contribution in [1.82, 2.24) is 4.98 Å². The highest BCUT2D eigenvalue weighted by Crippen LogP contribution is 2.19. The van der Waals surface area contributed by atoms with Gasteiger partial charge in [-0.05, 0) is 6.07 Å². The Morgan fingerprint density at radius 3 is 2.42 bits per heavy atom. The molecule has 2 rings (SSSR count). The molecule has 0 atom stereocenters. The van der Waals surface area contributed by atoms with Gasteiger partial charge in [0.05, 0.1) is 5.56 Å². The van der Waals surface area contributed by atoms with Crippen LogP contribution in [0.1, 0.15) is 10.4 Å². The molecule has 4 nitrogen and oxygen atoms in total. The Morgan fingerprint density at radius 2 is 1.84 bits per heavy atom. The van der Waals surface area contributed by atoms with E-state index in [4.69, 9.17) is 5.73 Å². The molecule has 0 bridgehead atoms. The van der Waals surface area contributed by atoms with E-state index in [0.717, 1.165) is 0 Å². The fourth-order valence-corrected chi connectivity index (χ4v) is 1.42. The summed E-state index contributed by atoms with van der Waals surface area (Å²) in [5, 5.41) is 2.20. The van der Waals surface area contributed by atoms with Gasteiger partial charge in [0.2, 0.25) is 0 Å². The molecule has 1 aromatic heterocycles. The van der Waals surface area contributed by atoms with Gasteiger partial charge in [-0.2, -0.15) is 0 Å². The number of amides is 1. The summed E-state index contributed by atoms with van der Waals surface area (Å²) >= 11 is 0. The summed E-state index contributed by atoms with van der Waals surface area (Å²) in [6, 6.07) is 2.74. The number of nitrogens with one attached hydrogen (secondary N) is 1. The Balaban J connectivity index is 2.27. The first kappa shape index (κ1) is 12.9. The summed E-state index contributed by atoms with van der Waals surface area (Å²) in [6.45, 7) is 0. The van der Waals surface area contributed by atoms with Gasteiger partial charge in [0.15, 0.2) is 17.5 Å². The first-order chi connectivity index (χ1) is 8.99. The van der Waals surface area contributed by atoms with Crippen LogP contribution in [0, 0.1) is 17.5 Å². The number of hydrogen-bond donors (Lipinski definition) is 2. The van der Waals surface area contributed by atoms with Crippen molar-refractivity contribution >= 4 is 17.3 Å². The number of nitrogen functional groups attached to an aromatic ring is 1. The average molecular weight is 267 g/mol. The molecule has 0 aliphatic heterocycles. The van der Waals surface area contributed by atoms with Gasteiger partial charge < -0.3 is 11.1 Å². The standard InChI is InChI=1S/C12H8F3N3O/c13-8-3-6(4-9(14)11(8)15)18-12(19)7-5-17-2-1-10(7)16/h1-5H,(H2,16,17)(H,18,19). The lowest BCUT2D eigenvalue weighted by molar-refractivity contribution is 0.102. The zero-order valence-corrected chi connectivity index (χ0v) is 9.45. The predicted octanol–water partition coefficient (Wildman–Crippen LogP) is 2.33. The molecule has 0 aliphatic rings. The molecule has 0 saturated carbocycles. The second-order valence-corrected chi connectivity index (χ2v) is 3.67. The quantitative estimate of drug-likeness (QED) is 0.820. The van der Waals surface area contributed by atoms with Gasteiger partial charge in [0, 0.05) is 35.9 Å². The summed E-state index contributed by atoms with van der Waals surface area (Å²) in [4.78, 5) is 15.5. The number of carbonyl (C=O) groups excluding carboxylic acids is 1. The van der Waals surface area contributed by atoms with Crippen molar-refractivity contribution in [2.45, 2.75) is 0 Å². The van der Waals surface area contributed by atoms with Crippen LogP contribution in [-0.4, -0.2) is 10.9 Å². The molecule has 98 valence electrons. The van der Waals surface area contributed by atoms with Crippen molar-refractivity contribution in [3.05, 3.63) is 53.6 Å². The van der Waals surface area contributed by atoms with Crippen molar-refractivity contribution in [1.29, 1.82) is 0 Å². The summed E-state index contributed by atoms with van der Waals surface area (Å²) in [6.07, 6.45) is 2.60. The smallest absolute Gasteiger partial charge is 0.259 e. The Kier molecular flexibility index (Phi) is 3.37. The van der Waals surface area contributed by atoms with Gasteiger partial charge in [-0.15, -0.1) is 0 Å². The molecule has 1 amide bonds. The van der Waals surface area contributed by atoms with E-state index >= 15 is 0 Å². The van der Waals surface area contributed by atoms with Gasteiger partial charge in [0.25, 0.3) is 5.91 Å². The Bertz CT molecular complexity index is 623. The monoisotopic (exact) mass is 267 g/mol. The van der Waals surface area contributed by atoms with E-state index in [1.54, 1.807) is 0 Å². The molecule has 7 heteroatoms. The molecule has 2 aromatic rings. The minimum absolute atomic E-state index is 0.0487. The van der Waals surface area contributed by atoms with E-state index in [2.05, 4.69) is 10.3 Å². The third kappa shape index (κ3) is 2.65. The maximum atomic E-state index is 13.0. The molecule has 3 N–H and O–H groups in total. The van der Waals surface area contributed by atoms with Crippen molar-refractivity contribution in [3.63, 3.8) is 0 Å². The number of aromatic nitrogens is 1. The van der Waals surface area contributed by atoms with Crippen LogP contribution in [0.15, 0.2) is 30.6 Å². The van der Waals surface area contributed by atoms with Crippen molar-refractivity contribution < 1.29 is 18.0 Å². The normalized spacial score (nSPS) is 10.3. The first-order valence-electron chi connectivity index (χ1n) is 5.14. The summed E-state index contributed by atoms with van der Waals surface area (Å²) < 4.78 is 38.7. The van der Waals surface area contributed by atoms with Crippen LogP contribution in [0.25, 0.3) is 0 Å². The van der Waals surface area contributed by atoms with E-state index in [9.17, 15) is 18.0 Å². The van der Waals surface area contributed by atoms with Gasteiger partial charge in [0.1, 0.15) is 0 Å². The fourth-order valence-electron chi connectivity index (χ4n) is 1.42. The zero-order chi connectivity index (χ0) is 14.0. The van der Waals surface area contributed by atoms with Gasteiger partial charge in [-0.25, -0.2) is 13.2 Å². The minimum atomic E-state index is -1.60. The lowest BCUT2D eigenvalue weighted by Crippen LogP contribution is -2.15. The van der Waals surface area contributed by atoms with Gasteiger partial charge in [-0.1, -0.05) is 0 Å². The van der Waals surface area contributed by atoms with Crippen LogP contribution in [-0.2, 0) is 0 Å². The minimum Gasteiger partial charge on any atom is -0.398 e. The second-order valence-electron chi connectivity index (χ2n) is 3.67. The maximum absolute atomic E-state index is 13.0. The van der Waals surface area contributed by atoms with E-state index in [0.29, 0.717) is 12.1 Å². The number of pyridine rings is 1. The number of anilines is 2. The fraction of sp³-hybridized carbons (Fsp3) is 0. The zero-order valence-electron chi connectivity index (χ0n) is 9.45. The summed E-state index contributed by atoms with van der Waals surface area (Å²) in [7, 11) is 0. The Labute approximate surface area is 106 Å². The largest absolute Gasteiger partial charge is 0.398 e. The first-order valence-corrected chi connectivity index (χ1v) is 5.14. The lowest BCUT2D eigenvalue weighted by Gasteiger charge is -2.07. The lowest BCUT2D eigenvalue weighted by atomic mass is 10.2. The highest BCUT2D eigenvalue weighted by atomic mass is 19.2. The molecular weight excluding hydrogens is 259 g/mol. The molecule has 0 aliphatic carbocycles. The number of rotatable bonds is 2. The second kappa shape index (κ2) is 4.97. The van der Waals surface area contributed by atoms with Crippen LogP contribution in [0.4, 0.5) is 24.5 Å². The van der Waals surface area contributed by atoms with Crippen LogP contribution < -0.4 is 11.1 Å². The SMILES string of the molecule is Nc1ccncc1C(=O)Nc1cc(F)c(F)c(F)c1. The number of nitrogens with two attached hydrogens (primary N) is 1. The number of carbonyl (C=O) groups is 1. The summed E-state index contributed by atoms with van der Waals surface area (Å²) in [5.41, 5.74) is 5.54. The highest BCUT2D eigenvalue weighted by Gasteiger charge is 2.14. The highest BCUT2D eigenvalue weighted by molar-refractivity contribution is 6.07. The molecule has 0 saturated heterocycles. The van der Waals surface area contributed by atoms with Gasteiger partial charge in [-0.3, -0.25) is 9.78 Å². The molecule has 0 unspecified atom stereocenters. The van der Waals surface area contributed by atoms with E-state index in [1.165, 1.54) is 18.5 Å². The number of halogens is 3. The van der Waals surface area contributed by atoms with Crippen molar-refractivity contribution in [3.8, 4) is 0 Å². The van der Waals surface area contributed by atoms with Crippen LogP contribution in [0.5, 0.6) is 0 Å². The summed E-state index contributed by atoms with van der Waals surface area (Å²) in [5.74, 6) is -5.08. The predicted molar refractivity (Wildman–Crippen MR) is 62.9 cm³/mol. The average Bonchev–Trinajstić information content (AvgIpc) is 2.36. The maximum Gasteiger partial charge on any atom is 0.259 e. The number of benzene rings is 1. The molecule has 1 aromatic carbocycles. The number of hydrogen-bond acceptors (Lipinski definition) is 3. The Morgan fingerprint density at radius 1 is 1.21 bits per heavy atom. The van der Waals surface area contributed by atoms with Gasteiger partial charge >= 0.3 is 0 Å². The topological polar surface area (TPSA) is 68.0 Å². The molecular formula is C12H8F3N3O. The Hall–Kier alpha value is -2.57. The van der Waals surface area contributed by atoms with E-state index in [-0.39, 0.29) is 16.9 Å². The third-order valence-corrected chi connectivity index (χ3v) is 2.34. The molecule has 0 radical (unpaired) electrons. The van der Waals surface area contributed by atoms with Crippen molar-refractivity contribution in [2.75, 3.05) is 11.1 Å². The molecule has 1 heterocycles.